The van der Waals surface area contributed by atoms with Crippen molar-refractivity contribution in [2.75, 3.05) is 33.3 Å². The van der Waals surface area contributed by atoms with Crippen molar-refractivity contribution in [3.05, 3.63) is 79.8 Å². The summed E-state index contributed by atoms with van der Waals surface area (Å²) in [5.41, 5.74) is 4.58. The maximum absolute atomic E-state index is 13.3. The van der Waals surface area contributed by atoms with Crippen LogP contribution in [0.4, 0.5) is 5.69 Å². The summed E-state index contributed by atoms with van der Waals surface area (Å²) in [6, 6.07) is 10.9. The van der Waals surface area contributed by atoms with Crippen molar-refractivity contribution in [2.45, 2.75) is 20.1 Å². The van der Waals surface area contributed by atoms with Crippen LogP contribution in [0.5, 0.6) is 11.5 Å². The second-order valence-electron chi connectivity index (χ2n) is 8.04. The van der Waals surface area contributed by atoms with Crippen LogP contribution >= 0.6 is 11.3 Å². The van der Waals surface area contributed by atoms with Gasteiger partial charge in [-0.1, -0.05) is 24.3 Å². The summed E-state index contributed by atoms with van der Waals surface area (Å²) in [4.78, 5) is 32.6. The molecule has 1 aliphatic rings. The number of carbonyl (C=O) groups is 1. The molecule has 10 heteroatoms. The predicted molar refractivity (Wildman–Crippen MR) is 128 cm³/mol. The Morgan fingerprint density at radius 1 is 1.18 bits per heavy atom. The van der Waals surface area contributed by atoms with Gasteiger partial charge in [0, 0.05) is 44.2 Å². The number of hydrogen-bond donors (Lipinski definition) is 0. The average molecular weight is 483 g/mol. The van der Waals surface area contributed by atoms with Gasteiger partial charge in [0.2, 0.25) is 0 Å². The van der Waals surface area contributed by atoms with Crippen molar-refractivity contribution >= 4 is 22.9 Å². The van der Waals surface area contributed by atoms with Gasteiger partial charge in [-0.25, -0.2) is 4.98 Å². The second-order valence-corrected chi connectivity index (χ2v) is 8.76. The number of nitro benzene ring substituents is 1. The van der Waals surface area contributed by atoms with Crippen molar-refractivity contribution in [2.24, 2.45) is 0 Å². The molecule has 0 saturated carbocycles. The zero-order valence-corrected chi connectivity index (χ0v) is 19.9. The average Bonchev–Trinajstić information content (AvgIpc) is 3.37. The second kappa shape index (κ2) is 10.6. The van der Waals surface area contributed by atoms with Crippen LogP contribution in [0, 0.1) is 17.0 Å². The van der Waals surface area contributed by atoms with Gasteiger partial charge in [-0.2, -0.15) is 0 Å². The number of piperazine rings is 1. The highest BCUT2D eigenvalue weighted by atomic mass is 32.1. The van der Waals surface area contributed by atoms with Gasteiger partial charge in [0.05, 0.1) is 29.3 Å². The van der Waals surface area contributed by atoms with E-state index in [2.05, 4.69) is 28.9 Å². The molecule has 1 saturated heterocycles. The number of nitrogens with zero attached hydrogens (tertiary/aromatic N) is 4. The molecule has 0 aliphatic carbocycles. The van der Waals surface area contributed by atoms with E-state index >= 15 is 0 Å². The molecule has 1 amide bonds. The van der Waals surface area contributed by atoms with Crippen LogP contribution < -0.4 is 9.47 Å². The maximum Gasteiger partial charge on any atom is 0.286 e. The van der Waals surface area contributed by atoms with Crippen LogP contribution in [0.2, 0.25) is 0 Å². The molecular weight excluding hydrogens is 456 g/mol. The lowest BCUT2D eigenvalue weighted by Crippen LogP contribution is -2.48. The number of nitro groups is 1. The number of carbonyl (C=O) groups excluding carboxylic acids is 1. The van der Waals surface area contributed by atoms with Crippen molar-refractivity contribution in [1.29, 1.82) is 0 Å². The Morgan fingerprint density at radius 2 is 1.94 bits per heavy atom. The van der Waals surface area contributed by atoms with E-state index in [9.17, 15) is 14.9 Å². The van der Waals surface area contributed by atoms with Crippen LogP contribution in [0.3, 0.4) is 0 Å². The smallest absolute Gasteiger partial charge is 0.286 e. The van der Waals surface area contributed by atoms with E-state index in [0.717, 1.165) is 6.54 Å². The fourth-order valence-corrected chi connectivity index (χ4v) is 4.46. The Morgan fingerprint density at radius 3 is 2.59 bits per heavy atom. The molecule has 0 radical (unpaired) electrons. The summed E-state index contributed by atoms with van der Waals surface area (Å²) in [6.45, 7) is 5.42. The number of benzene rings is 2. The number of hydrogen-bond acceptors (Lipinski definition) is 8. The van der Waals surface area contributed by atoms with E-state index in [0.29, 0.717) is 31.9 Å². The molecule has 0 N–H and O–H groups in total. The molecule has 0 unspecified atom stereocenters. The van der Waals surface area contributed by atoms with Gasteiger partial charge in [0.1, 0.15) is 12.2 Å². The molecule has 0 spiro atoms. The molecule has 0 bridgehead atoms. The summed E-state index contributed by atoms with van der Waals surface area (Å²) in [6.07, 6.45) is 0. The van der Waals surface area contributed by atoms with E-state index in [4.69, 9.17) is 9.47 Å². The summed E-state index contributed by atoms with van der Waals surface area (Å²) < 4.78 is 11.1. The fourth-order valence-electron chi connectivity index (χ4n) is 3.91. The van der Waals surface area contributed by atoms with Gasteiger partial charge < -0.3 is 14.4 Å². The van der Waals surface area contributed by atoms with Gasteiger partial charge in [0.15, 0.2) is 11.5 Å². The van der Waals surface area contributed by atoms with Gasteiger partial charge >= 0.3 is 0 Å². The number of thiazole rings is 1. The first-order valence-electron chi connectivity index (χ1n) is 10.9. The molecule has 1 aliphatic heterocycles. The number of rotatable bonds is 8. The lowest BCUT2D eigenvalue weighted by atomic mass is 10.1. The lowest BCUT2D eigenvalue weighted by Gasteiger charge is -2.35. The number of aromatic nitrogens is 1. The minimum Gasteiger partial charge on any atom is -0.493 e. The molecule has 4 rings (SSSR count). The van der Waals surface area contributed by atoms with Crippen molar-refractivity contribution in [1.82, 2.24) is 14.8 Å². The molecular formula is C24H26N4O5S. The summed E-state index contributed by atoms with van der Waals surface area (Å²) in [5.74, 6) is 0.0794. The van der Waals surface area contributed by atoms with Crippen molar-refractivity contribution in [3.8, 4) is 11.5 Å². The summed E-state index contributed by atoms with van der Waals surface area (Å²) in [7, 11) is 1.44. The minimum atomic E-state index is -0.559. The zero-order valence-electron chi connectivity index (χ0n) is 19.1. The van der Waals surface area contributed by atoms with Crippen LogP contribution in [0.1, 0.15) is 27.2 Å². The zero-order chi connectivity index (χ0) is 24.1. The van der Waals surface area contributed by atoms with E-state index in [1.54, 1.807) is 10.4 Å². The van der Waals surface area contributed by atoms with Gasteiger partial charge in [-0.15, -0.1) is 11.3 Å². The van der Waals surface area contributed by atoms with E-state index < -0.39 is 4.92 Å². The summed E-state index contributed by atoms with van der Waals surface area (Å²) >= 11 is 1.43. The number of ether oxygens (including phenoxy) is 2. The molecule has 1 fully saturated rings. The number of aryl methyl sites for hydroxylation is 1. The van der Waals surface area contributed by atoms with E-state index in [1.165, 1.54) is 41.7 Å². The molecule has 1 aromatic heterocycles. The molecule has 34 heavy (non-hydrogen) atoms. The number of amides is 1. The molecule has 2 heterocycles. The number of methoxy groups -OCH3 is 1. The first-order chi connectivity index (χ1) is 16.5. The van der Waals surface area contributed by atoms with Gasteiger partial charge in [0.25, 0.3) is 11.6 Å². The van der Waals surface area contributed by atoms with E-state index in [-0.39, 0.29) is 35.3 Å². The third kappa shape index (κ3) is 5.35. The van der Waals surface area contributed by atoms with E-state index in [1.807, 2.05) is 17.5 Å². The van der Waals surface area contributed by atoms with Crippen LogP contribution in [0.15, 0.2) is 47.3 Å². The SMILES string of the molecule is COc1cc(C(=O)N2CCN(Cc3ccccc3C)CC2)c([N+](=O)[O-])cc1OCc1cscn1. The Kier molecular flexibility index (Phi) is 7.39. The van der Waals surface area contributed by atoms with Gasteiger partial charge in [-0.3, -0.25) is 19.8 Å². The third-order valence-electron chi connectivity index (χ3n) is 5.88. The highest BCUT2D eigenvalue weighted by Gasteiger charge is 2.30. The monoisotopic (exact) mass is 482 g/mol. The minimum absolute atomic E-state index is 0.00443. The largest absolute Gasteiger partial charge is 0.493 e. The predicted octanol–water partition coefficient (Wildman–Crippen LogP) is 3.91. The highest BCUT2D eigenvalue weighted by molar-refractivity contribution is 7.07. The molecule has 178 valence electrons. The normalized spacial score (nSPS) is 14.1. The Hall–Kier alpha value is -3.50. The lowest BCUT2D eigenvalue weighted by molar-refractivity contribution is -0.385. The molecule has 0 atom stereocenters. The summed E-state index contributed by atoms with van der Waals surface area (Å²) in [5, 5.41) is 13.6. The first kappa shape index (κ1) is 23.7. The highest BCUT2D eigenvalue weighted by Crippen LogP contribution is 2.36. The Bertz CT molecular complexity index is 1160. The topological polar surface area (TPSA) is 98.0 Å². The quantitative estimate of drug-likeness (QED) is 0.355. The van der Waals surface area contributed by atoms with Crippen LogP contribution in [-0.4, -0.2) is 58.9 Å². The third-order valence-corrected chi connectivity index (χ3v) is 6.52. The molecule has 3 aromatic rings. The van der Waals surface area contributed by atoms with Crippen LogP contribution in [0.25, 0.3) is 0 Å². The Labute approximate surface area is 201 Å². The molecule has 9 nitrogen and oxygen atoms in total. The Balaban J connectivity index is 1.47. The standard InChI is InChI=1S/C24H26N4O5S/c1-17-5-3-4-6-18(17)13-26-7-9-27(10-8-26)24(29)20-11-22(32-2)23(12-21(20)28(30)31)33-14-19-15-34-16-25-19/h3-6,11-12,15-16H,7-10,13-14H2,1-2H3. The maximum atomic E-state index is 13.3. The molecule has 2 aromatic carbocycles. The van der Waals surface area contributed by atoms with Crippen LogP contribution in [-0.2, 0) is 13.2 Å². The fraction of sp³-hybridized carbons (Fsp3) is 0.333. The van der Waals surface area contributed by atoms with Gasteiger partial charge in [-0.05, 0) is 18.1 Å². The first-order valence-corrected chi connectivity index (χ1v) is 11.8. The van der Waals surface area contributed by atoms with Crippen molar-refractivity contribution < 1.29 is 19.2 Å². The van der Waals surface area contributed by atoms with Crippen molar-refractivity contribution in [3.63, 3.8) is 0 Å².